The Bertz CT molecular complexity index is 1160. The highest BCUT2D eigenvalue weighted by Crippen LogP contribution is 2.43. The molecule has 0 spiro atoms. The number of aryl methyl sites for hydroxylation is 1. The summed E-state index contributed by atoms with van der Waals surface area (Å²) in [4.78, 5) is 13.1. The van der Waals surface area contributed by atoms with Crippen molar-refractivity contribution in [1.29, 1.82) is 0 Å². The molecule has 3 aromatic carbocycles. The van der Waals surface area contributed by atoms with E-state index in [4.69, 9.17) is 9.26 Å². The summed E-state index contributed by atoms with van der Waals surface area (Å²) in [5.41, 5.74) is 3.64. The molecule has 0 bridgehead atoms. The molecular formula is C21H13NO3. The van der Waals surface area contributed by atoms with Crippen molar-refractivity contribution < 1.29 is 14.1 Å². The number of hydrogen-bond donors (Lipinski definition) is 0. The quantitative estimate of drug-likeness (QED) is 0.450. The maximum atomic E-state index is 13.1. The molecule has 0 amide bonds. The number of aromatic nitrogens is 1. The number of nitrogens with zero attached hydrogens (tertiary/aromatic N) is 1. The summed E-state index contributed by atoms with van der Waals surface area (Å²) in [5, 5.41) is 4.82. The third kappa shape index (κ3) is 2.01. The second-order valence-corrected chi connectivity index (χ2v) is 6.14. The highest BCUT2D eigenvalue weighted by Gasteiger charge is 2.31. The Morgan fingerprint density at radius 1 is 0.960 bits per heavy atom. The maximum absolute atomic E-state index is 13.1. The molecule has 4 nitrogen and oxygen atoms in total. The zero-order valence-electron chi connectivity index (χ0n) is 13.4. The number of ether oxygens (including phenoxy) is 1. The third-order valence-electron chi connectivity index (χ3n) is 4.47. The minimum absolute atomic E-state index is 0.0699. The van der Waals surface area contributed by atoms with Gasteiger partial charge >= 0.3 is 0 Å². The van der Waals surface area contributed by atoms with Crippen LogP contribution in [0.15, 0.2) is 65.2 Å². The minimum Gasteiger partial charge on any atom is -0.457 e. The Balaban J connectivity index is 1.76. The summed E-state index contributed by atoms with van der Waals surface area (Å²) in [6.07, 6.45) is 0. The van der Waals surface area contributed by atoms with Crippen LogP contribution in [0.1, 0.15) is 21.5 Å². The maximum Gasteiger partial charge on any atom is 0.198 e. The van der Waals surface area contributed by atoms with Crippen molar-refractivity contribution in [2.45, 2.75) is 6.92 Å². The van der Waals surface area contributed by atoms with Crippen LogP contribution in [0.3, 0.4) is 0 Å². The van der Waals surface area contributed by atoms with Crippen LogP contribution in [0.5, 0.6) is 11.5 Å². The predicted molar refractivity (Wildman–Crippen MR) is 94.1 cm³/mol. The Hall–Kier alpha value is -3.40. The molecule has 0 N–H and O–H groups in total. The van der Waals surface area contributed by atoms with Crippen LogP contribution in [0.2, 0.25) is 0 Å². The zero-order chi connectivity index (χ0) is 17.0. The van der Waals surface area contributed by atoms with Gasteiger partial charge in [0.2, 0.25) is 0 Å². The molecule has 25 heavy (non-hydrogen) atoms. The normalized spacial score (nSPS) is 12.3. The van der Waals surface area contributed by atoms with Gasteiger partial charge in [-0.05, 0) is 36.8 Å². The summed E-state index contributed by atoms with van der Waals surface area (Å²) in [7, 11) is 0. The van der Waals surface area contributed by atoms with E-state index in [0.29, 0.717) is 39.3 Å². The van der Waals surface area contributed by atoms with Crippen LogP contribution in [-0.4, -0.2) is 10.9 Å². The fourth-order valence-corrected chi connectivity index (χ4v) is 3.33. The van der Waals surface area contributed by atoms with Gasteiger partial charge in [-0.3, -0.25) is 4.79 Å². The van der Waals surface area contributed by atoms with Crippen LogP contribution < -0.4 is 4.74 Å². The summed E-state index contributed by atoms with van der Waals surface area (Å²) < 4.78 is 11.6. The van der Waals surface area contributed by atoms with E-state index in [-0.39, 0.29) is 5.78 Å². The molecule has 0 saturated heterocycles. The fraction of sp³-hybridized carbons (Fsp3) is 0.0476. The Kier molecular flexibility index (Phi) is 2.82. The molecule has 1 heterocycles. The van der Waals surface area contributed by atoms with E-state index in [9.17, 15) is 4.79 Å². The van der Waals surface area contributed by atoms with Crippen molar-refractivity contribution in [2.75, 3.05) is 0 Å². The zero-order valence-corrected chi connectivity index (χ0v) is 13.4. The summed E-state index contributed by atoms with van der Waals surface area (Å²) >= 11 is 0. The molecule has 0 fully saturated rings. The fourth-order valence-electron chi connectivity index (χ4n) is 3.33. The van der Waals surface area contributed by atoms with Crippen molar-refractivity contribution in [3.05, 3.63) is 77.4 Å². The summed E-state index contributed by atoms with van der Waals surface area (Å²) in [6.45, 7) is 2.00. The van der Waals surface area contributed by atoms with E-state index in [1.54, 1.807) is 12.1 Å². The van der Waals surface area contributed by atoms with Crippen LogP contribution in [0.25, 0.3) is 22.2 Å². The monoisotopic (exact) mass is 327 g/mol. The molecule has 1 aromatic heterocycles. The van der Waals surface area contributed by atoms with Gasteiger partial charge in [0.1, 0.15) is 17.0 Å². The van der Waals surface area contributed by atoms with Crippen molar-refractivity contribution in [3.63, 3.8) is 0 Å². The van der Waals surface area contributed by atoms with Gasteiger partial charge < -0.3 is 9.26 Å². The van der Waals surface area contributed by atoms with E-state index in [1.165, 1.54) is 0 Å². The molecule has 0 aliphatic heterocycles. The molecule has 0 atom stereocenters. The van der Waals surface area contributed by atoms with Crippen molar-refractivity contribution >= 4 is 16.7 Å². The molecular weight excluding hydrogens is 314 g/mol. The second kappa shape index (κ2) is 5.05. The smallest absolute Gasteiger partial charge is 0.198 e. The Labute approximate surface area is 143 Å². The minimum atomic E-state index is -0.0699. The van der Waals surface area contributed by atoms with E-state index < -0.39 is 0 Å². The largest absolute Gasteiger partial charge is 0.457 e. The first-order chi connectivity index (χ1) is 12.2. The van der Waals surface area contributed by atoms with Crippen LogP contribution in [-0.2, 0) is 0 Å². The number of carbonyl (C=O) groups excluding carboxylic acids is 1. The van der Waals surface area contributed by atoms with E-state index in [0.717, 1.165) is 11.1 Å². The highest BCUT2D eigenvalue weighted by molar-refractivity contribution is 6.26. The van der Waals surface area contributed by atoms with Gasteiger partial charge in [0.15, 0.2) is 11.5 Å². The summed E-state index contributed by atoms with van der Waals surface area (Å²) in [5.74, 6) is 1.76. The van der Waals surface area contributed by atoms with Crippen molar-refractivity contribution in [1.82, 2.24) is 5.16 Å². The van der Waals surface area contributed by atoms with Crippen molar-refractivity contribution in [2.24, 2.45) is 0 Å². The van der Waals surface area contributed by atoms with Gasteiger partial charge in [-0.1, -0.05) is 41.6 Å². The lowest BCUT2D eigenvalue weighted by molar-refractivity contribution is 0.103. The molecule has 0 unspecified atom stereocenters. The average Bonchev–Trinajstić information content (AvgIpc) is 3.05. The van der Waals surface area contributed by atoms with E-state index >= 15 is 0 Å². The topological polar surface area (TPSA) is 52.3 Å². The van der Waals surface area contributed by atoms with Crippen LogP contribution in [0.4, 0.5) is 0 Å². The predicted octanol–water partition coefficient (Wildman–Crippen LogP) is 5.14. The number of rotatable bonds is 2. The first kappa shape index (κ1) is 14.0. The van der Waals surface area contributed by atoms with Crippen LogP contribution in [0, 0.1) is 6.92 Å². The highest BCUT2D eigenvalue weighted by atomic mass is 16.5. The van der Waals surface area contributed by atoms with Crippen LogP contribution >= 0.6 is 0 Å². The Morgan fingerprint density at radius 3 is 2.64 bits per heavy atom. The molecule has 1 aliphatic rings. The number of hydrogen-bond acceptors (Lipinski definition) is 4. The first-order valence-corrected chi connectivity index (χ1v) is 8.03. The average molecular weight is 327 g/mol. The lowest BCUT2D eigenvalue weighted by atomic mass is 9.87. The van der Waals surface area contributed by atoms with Gasteiger partial charge in [0.05, 0.1) is 10.9 Å². The summed E-state index contributed by atoms with van der Waals surface area (Å²) in [6, 6.07) is 18.7. The molecule has 120 valence electrons. The lowest BCUT2D eigenvalue weighted by Crippen LogP contribution is -2.10. The van der Waals surface area contributed by atoms with Crippen molar-refractivity contribution in [3.8, 4) is 22.8 Å². The van der Waals surface area contributed by atoms with Gasteiger partial charge in [-0.2, -0.15) is 0 Å². The first-order valence-electron chi connectivity index (χ1n) is 8.03. The lowest BCUT2D eigenvalue weighted by Gasteiger charge is -2.17. The third-order valence-corrected chi connectivity index (χ3v) is 4.47. The Morgan fingerprint density at radius 2 is 1.80 bits per heavy atom. The molecule has 0 radical (unpaired) electrons. The van der Waals surface area contributed by atoms with E-state index in [1.807, 2.05) is 55.5 Å². The van der Waals surface area contributed by atoms with Gasteiger partial charge in [0, 0.05) is 11.1 Å². The molecule has 0 saturated carbocycles. The SMILES string of the molecule is Cc1cccc(Oc2ccc3noc4c3c2C(=O)c2ccccc2-4)c1. The standard InChI is InChI=1S/C21H13NO3/c1-12-5-4-6-13(11-12)24-17-10-9-16-18-19(17)20(23)14-7-2-3-8-15(14)21(18)25-22-16/h2-11H,1H3. The molecule has 5 rings (SSSR count). The number of fused-ring (bicyclic) bond motifs is 2. The number of benzene rings is 3. The van der Waals surface area contributed by atoms with Gasteiger partial charge in [0.25, 0.3) is 0 Å². The number of carbonyl (C=O) groups is 1. The van der Waals surface area contributed by atoms with Gasteiger partial charge in [-0.15, -0.1) is 0 Å². The molecule has 1 aliphatic carbocycles. The molecule has 4 aromatic rings. The van der Waals surface area contributed by atoms with Gasteiger partial charge in [-0.25, -0.2) is 0 Å². The number of ketones is 1. The van der Waals surface area contributed by atoms with E-state index in [2.05, 4.69) is 5.16 Å². The molecule has 4 heteroatoms. The second-order valence-electron chi connectivity index (χ2n) is 6.14.